The van der Waals surface area contributed by atoms with E-state index < -0.39 is 0 Å². The number of nitrogens with one attached hydrogen (secondary N) is 2. The predicted molar refractivity (Wildman–Crippen MR) is 81.2 cm³/mol. The van der Waals surface area contributed by atoms with Gasteiger partial charge in [-0.15, -0.1) is 0 Å². The molecular formula is C16H23N3O. The molecule has 3 rings (SSSR count). The summed E-state index contributed by atoms with van der Waals surface area (Å²) in [4.78, 5) is 14.6. The number of likely N-dealkylation sites (N-methyl/N-ethyl adjacent to an activating group) is 1. The maximum Gasteiger partial charge on any atom is 0.251 e. The van der Waals surface area contributed by atoms with Crippen LogP contribution in [0.3, 0.4) is 0 Å². The first-order chi connectivity index (χ1) is 9.74. The maximum atomic E-state index is 12.2. The molecule has 0 spiro atoms. The fourth-order valence-corrected chi connectivity index (χ4v) is 3.15. The van der Waals surface area contributed by atoms with Crippen molar-refractivity contribution in [2.24, 2.45) is 0 Å². The molecule has 0 aliphatic carbocycles. The van der Waals surface area contributed by atoms with Gasteiger partial charge in [0.1, 0.15) is 0 Å². The van der Waals surface area contributed by atoms with Crippen LogP contribution in [0, 0.1) is 0 Å². The number of amides is 1. The van der Waals surface area contributed by atoms with Gasteiger partial charge in [-0.3, -0.25) is 4.79 Å². The highest BCUT2D eigenvalue weighted by molar-refractivity contribution is 5.95. The van der Waals surface area contributed by atoms with Crippen molar-refractivity contribution in [1.29, 1.82) is 0 Å². The van der Waals surface area contributed by atoms with Crippen molar-refractivity contribution < 1.29 is 4.79 Å². The third-order valence-corrected chi connectivity index (χ3v) is 4.50. The molecule has 1 atom stereocenters. The molecule has 1 aromatic carbocycles. The number of benzene rings is 1. The Morgan fingerprint density at radius 3 is 3.20 bits per heavy atom. The Morgan fingerprint density at radius 2 is 2.35 bits per heavy atom. The molecule has 1 aromatic rings. The number of nitrogens with zero attached hydrogens (tertiary/aromatic N) is 1. The lowest BCUT2D eigenvalue weighted by atomic mass is 10.0. The van der Waals surface area contributed by atoms with Gasteiger partial charge >= 0.3 is 0 Å². The molecule has 2 heterocycles. The van der Waals surface area contributed by atoms with Gasteiger partial charge in [0.25, 0.3) is 5.91 Å². The van der Waals surface area contributed by atoms with Gasteiger partial charge in [0.2, 0.25) is 0 Å². The molecule has 2 aliphatic rings. The zero-order valence-corrected chi connectivity index (χ0v) is 12.1. The second kappa shape index (κ2) is 5.83. The molecule has 4 heteroatoms. The van der Waals surface area contributed by atoms with Crippen molar-refractivity contribution >= 4 is 11.6 Å². The van der Waals surface area contributed by atoms with E-state index in [0.717, 1.165) is 37.3 Å². The third-order valence-electron chi connectivity index (χ3n) is 4.50. The Balaban J connectivity index is 1.59. The molecule has 0 bridgehead atoms. The standard InChI is InChI=1S/C16H23N3O/c1-19-9-3-2-4-14(19)11-18-16(20)13-6-5-12-7-8-17-15(12)10-13/h5-6,10,14,17H,2-4,7-9,11H2,1H3,(H,18,20). The topological polar surface area (TPSA) is 44.4 Å². The molecule has 4 nitrogen and oxygen atoms in total. The first-order valence-electron chi connectivity index (χ1n) is 7.59. The van der Waals surface area contributed by atoms with Gasteiger partial charge < -0.3 is 15.5 Å². The van der Waals surface area contributed by atoms with Gasteiger partial charge in [-0.1, -0.05) is 12.5 Å². The molecule has 1 unspecified atom stereocenters. The normalized spacial score (nSPS) is 22.1. The third kappa shape index (κ3) is 2.80. The van der Waals surface area contributed by atoms with E-state index in [9.17, 15) is 4.79 Å². The number of piperidine rings is 1. The van der Waals surface area contributed by atoms with Crippen LogP contribution >= 0.6 is 0 Å². The molecule has 108 valence electrons. The SMILES string of the molecule is CN1CCCCC1CNC(=O)c1ccc2c(c1)NCC2. The summed E-state index contributed by atoms with van der Waals surface area (Å²) in [5.74, 6) is 0.0421. The van der Waals surface area contributed by atoms with E-state index in [0.29, 0.717) is 6.04 Å². The molecule has 0 aromatic heterocycles. The minimum atomic E-state index is 0.0421. The number of hydrogen-bond acceptors (Lipinski definition) is 3. The van der Waals surface area contributed by atoms with Crippen LogP contribution in [0.2, 0.25) is 0 Å². The number of anilines is 1. The van der Waals surface area contributed by atoms with E-state index in [4.69, 9.17) is 0 Å². The Morgan fingerprint density at radius 1 is 1.45 bits per heavy atom. The summed E-state index contributed by atoms with van der Waals surface area (Å²) in [7, 11) is 2.15. The number of rotatable bonds is 3. The molecule has 2 aliphatic heterocycles. The van der Waals surface area contributed by atoms with E-state index in [-0.39, 0.29) is 5.91 Å². The summed E-state index contributed by atoms with van der Waals surface area (Å²) in [6, 6.07) is 6.46. The van der Waals surface area contributed by atoms with Gasteiger partial charge in [-0.05, 0) is 50.6 Å². The quantitative estimate of drug-likeness (QED) is 0.883. The lowest BCUT2D eigenvalue weighted by Crippen LogP contribution is -2.44. The van der Waals surface area contributed by atoms with E-state index in [1.54, 1.807) is 0 Å². The minimum absolute atomic E-state index is 0.0421. The monoisotopic (exact) mass is 273 g/mol. The molecule has 1 saturated heterocycles. The second-order valence-electron chi connectivity index (χ2n) is 5.89. The van der Waals surface area contributed by atoms with Gasteiger partial charge in [0.05, 0.1) is 0 Å². The van der Waals surface area contributed by atoms with E-state index >= 15 is 0 Å². The minimum Gasteiger partial charge on any atom is -0.384 e. The summed E-state index contributed by atoms with van der Waals surface area (Å²) in [6.07, 6.45) is 4.79. The largest absolute Gasteiger partial charge is 0.384 e. The van der Waals surface area contributed by atoms with Crippen LogP contribution in [-0.2, 0) is 6.42 Å². The van der Waals surface area contributed by atoms with Gasteiger partial charge in [0, 0.05) is 30.4 Å². The Labute approximate surface area is 120 Å². The summed E-state index contributed by atoms with van der Waals surface area (Å²) < 4.78 is 0. The van der Waals surface area contributed by atoms with Crippen LogP contribution < -0.4 is 10.6 Å². The average molecular weight is 273 g/mol. The average Bonchev–Trinajstić information content (AvgIpc) is 2.93. The highest BCUT2D eigenvalue weighted by Crippen LogP contribution is 2.23. The van der Waals surface area contributed by atoms with Gasteiger partial charge in [-0.2, -0.15) is 0 Å². The summed E-state index contributed by atoms with van der Waals surface area (Å²) >= 11 is 0. The Hall–Kier alpha value is -1.55. The molecular weight excluding hydrogens is 250 g/mol. The van der Waals surface area contributed by atoms with Crippen molar-refractivity contribution in [3.63, 3.8) is 0 Å². The first kappa shape index (κ1) is 13.4. The predicted octanol–water partition coefficient (Wildman–Crippen LogP) is 1.87. The second-order valence-corrected chi connectivity index (χ2v) is 5.89. The van der Waals surface area contributed by atoms with Crippen LogP contribution in [0.15, 0.2) is 18.2 Å². The van der Waals surface area contributed by atoms with Crippen LogP contribution in [0.4, 0.5) is 5.69 Å². The number of fused-ring (bicyclic) bond motifs is 1. The van der Waals surface area contributed by atoms with E-state index in [2.05, 4.69) is 28.6 Å². The maximum absolute atomic E-state index is 12.2. The van der Waals surface area contributed by atoms with Crippen molar-refractivity contribution in [1.82, 2.24) is 10.2 Å². The molecule has 1 fully saturated rings. The highest BCUT2D eigenvalue weighted by Gasteiger charge is 2.20. The molecule has 0 radical (unpaired) electrons. The zero-order valence-electron chi connectivity index (χ0n) is 12.1. The van der Waals surface area contributed by atoms with Crippen LogP contribution in [0.25, 0.3) is 0 Å². The van der Waals surface area contributed by atoms with Crippen molar-refractivity contribution in [3.8, 4) is 0 Å². The smallest absolute Gasteiger partial charge is 0.251 e. The van der Waals surface area contributed by atoms with Gasteiger partial charge in [0.15, 0.2) is 0 Å². The number of carbonyl (C=O) groups excluding carboxylic acids is 1. The highest BCUT2D eigenvalue weighted by atomic mass is 16.1. The number of likely N-dealkylation sites (tertiary alicyclic amines) is 1. The zero-order chi connectivity index (χ0) is 13.9. The number of hydrogen-bond donors (Lipinski definition) is 2. The van der Waals surface area contributed by atoms with E-state index in [1.807, 2.05) is 12.1 Å². The fraction of sp³-hybridized carbons (Fsp3) is 0.562. The summed E-state index contributed by atoms with van der Waals surface area (Å²) in [5.41, 5.74) is 3.19. The summed E-state index contributed by atoms with van der Waals surface area (Å²) in [6.45, 7) is 2.87. The number of carbonyl (C=O) groups is 1. The van der Waals surface area contributed by atoms with Crippen LogP contribution in [0.5, 0.6) is 0 Å². The molecule has 0 saturated carbocycles. The first-order valence-corrected chi connectivity index (χ1v) is 7.59. The fourth-order valence-electron chi connectivity index (χ4n) is 3.15. The summed E-state index contributed by atoms with van der Waals surface area (Å²) in [5, 5.41) is 6.40. The lowest BCUT2D eigenvalue weighted by Gasteiger charge is -2.32. The molecule has 20 heavy (non-hydrogen) atoms. The Kier molecular flexibility index (Phi) is 3.92. The van der Waals surface area contributed by atoms with Crippen LogP contribution in [-0.4, -0.2) is 43.5 Å². The van der Waals surface area contributed by atoms with Crippen molar-refractivity contribution in [2.75, 3.05) is 32.0 Å². The van der Waals surface area contributed by atoms with Crippen LogP contribution in [0.1, 0.15) is 35.2 Å². The molecule has 2 N–H and O–H groups in total. The van der Waals surface area contributed by atoms with Gasteiger partial charge in [-0.25, -0.2) is 0 Å². The van der Waals surface area contributed by atoms with E-state index in [1.165, 1.54) is 24.8 Å². The Bertz CT molecular complexity index is 500. The van der Waals surface area contributed by atoms with Crippen molar-refractivity contribution in [2.45, 2.75) is 31.7 Å². The lowest BCUT2D eigenvalue weighted by molar-refractivity contribution is 0.0928. The van der Waals surface area contributed by atoms with Crippen molar-refractivity contribution in [3.05, 3.63) is 29.3 Å². The molecule has 1 amide bonds.